The molecule has 0 radical (unpaired) electrons. The first-order chi connectivity index (χ1) is 11.3. The lowest BCUT2D eigenvalue weighted by molar-refractivity contribution is 0.414. The molecule has 2 aromatic carbocycles. The number of ether oxygens (including phenoxy) is 1. The van der Waals surface area contributed by atoms with E-state index in [4.69, 9.17) is 4.74 Å². The van der Waals surface area contributed by atoms with E-state index in [1.54, 1.807) is 13.3 Å². The van der Waals surface area contributed by atoms with Gasteiger partial charge in [0.15, 0.2) is 5.82 Å². The molecule has 116 valence electrons. The van der Waals surface area contributed by atoms with Crippen molar-refractivity contribution in [2.24, 2.45) is 0 Å². The summed E-state index contributed by atoms with van der Waals surface area (Å²) in [5, 5.41) is 3.35. The Hall–Kier alpha value is -2.88. The molecule has 0 aliphatic heterocycles. The van der Waals surface area contributed by atoms with Crippen LogP contribution in [0.5, 0.6) is 5.75 Å². The van der Waals surface area contributed by atoms with E-state index in [0.717, 1.165) is 35.9 Å². The van der Waals surface area contributed by atoms with Crippen LogP contribution in [0, 0.1) is 0 Å². The summed E-state index contributed by atoms with van der Waals surface area (Å²) in [7, 11) is 1.68. The van der Waals surface area contributed by atoms with E-state index in [2.05, 4.69) is 27.4 Å². The number of hydrogen-bond acceptors (Lipinski definition) is 4. The number of hydrogen-bond donors (Lipinski definition) is 1. The van der Waals surface area contributed by atoms with Gasteiger partial charge in [0.2, 0.25) is 0 Å². The molecule has 3 rings (SSSR count). The van der Waals surface area contributed by atoms with Gasteiger partial charge in [0.1, 0.15) is 11.6 Å². The lowest BCUT2D eigenvalue weighted by Gasteiger charge is -2.08. The Morgan fingerprint density at radius 1 is 0.957 bits per heavy atom. The van der Waals surface area contributed by atoms with Crippen LogP contribution in [0.1, 0.15) is 5.56 Å². The summed E-state index contributed by atoms with van der Waals surface area (Å²) < 4.78 is 5.17. The van der Waals surface area contributed by atoms with Gasteiger partial charge in [0.05, 0.1) is 7.11 Å². The first kappa shape index (κ1) is 15.0. The minimum absolute atomic E-state index is 0.736. The summed E-state index contributed by atoms with van der Waals surface area (Å²) in [4.78, 5) is 8.89. The number of aromatic nitrogens is 2. The Morgan fingerprint density at radius 3 is 2.48 bits per heavy atom. The Labute approximate surface area is 136 Å². The number of anilines is 1. The molecular weight excluding hydrogens is 286 g/mol. The standard InChI is InChI=1S/C19H19N3O/c1-23-17-9-7-15(8-10-17)11-13-20-18-12-14-21-19(22-18)16-5-3-2-4-6-16/h2-10,12,14H,11,13H2,1H3,(H,20,21,22). The summed E-state index contributed by atoms with van der Waals surface area (Å²) in [6.45, 7) is 0.817. The monoisotopic (exact) mass is 305 g/mol. The fourth-order valence-corrected chi connectivity index (χ4v) is 2.31. The van der Waals surface area contributed by atoms with Crippen molar-refractivity contribution in [3.63, 3.8) is 0 Å². The molecule has 0 saturated carbocycles. The molecule has 1 N–H and O–H groups in total. The van der Waals surface area contributed by atoms with Crippen molar-refractivity contribution in [1.82, 2.24) is 9.97 Å². The second-order valence-corrected chi connectivity index (χ2v) is 5.16. The van der Waals surface area contributed by atoms with E-state index in [0.29, 0.717) is 0 Å². The molecule has 0 bridgehead atoms. The molecule has 0 unspecified atom stereocenters. The van der Waals surface area contributed by atoms with E-state index in [9.17, 15) is 0 Å². The highest BCUT2D eigenvalue weighted by molar-refractivity contribution is 5.56. The van der Waals surface area contributed by atoms with E-state index in [1.165, 1.54) is 5.56 Å². The number of rotatable bonds is 6. The zero-order valence-electron chi connectivity index (χ0n) is 13.1. The van der Waals surface area contributed by atoms with Crippen LogP contribution in [0.15, 0.2) is 66.9 Å². The highest BCUT2D eigenvalue weighted by Crippen LogP contribution is 2.16. The van der Waals surface area contributed by atoms with Gasteiger partial charge in [-0.25, -0.2) is 9.97 Å². The van der Waals surface area contributed by atoms with E-state index < -0.39 is 0 Å². The second kappa shape index (κ2) is 7.40. The lowest BCUT2D eigenvalue weighted by atomic mass is 10.1. The largest absolute Gasteiger partial charge is 0.497 e. The maximum atomic E-state index is 5.17. The molecule has 0 atom stereocenters. The molecule has 23 heavy (non-hydrogen) atoms. The molecule has 0 saturated heterocycles. The molecule has 0 amide bonds. The van der Waals surface area contributed by atoms with Crippen molar-refractivity contribution in [2.45, 2.75) is 6.42 Å². The molecule has 0 spiro atoms. The molecule has 4 heteroatoms. The average molecular weight is 305 g/mol. The average Bonchev–Trinajstić information content (AvgIpc) is 2.63. The summed E-state index contributed by atoms with van der Waals surface area (Å²) in [6.07, 6.45) is 2.71. The van der Waals surface area contributed by atoms with Crippen LogP contribution in [-0.2, 0) is 6.42 Å². The normalized spacial score (nSPS) is 10.3. The van der Waals surface area contributed by atoms with Crippen LogP contribution < -0.4 is 10.1 Å². The molecule has 4 nitrogen and oxygen atoms in total. The zero-order valence-corrected chi connectivity index (χ0v) is 13.1. The van der Waals surface area contributed by atoms with Gasteiger partial charge in [-0.05, 0) is 30.2 Å². The highest BCUT2D eigenvalue weighted by Gasteiger charge is 2.02. The van der Waals surface area contributed by atoms with Gasteiger partial charge in [-0.3, -0.25) is 0 Å². The van der Waals surface area contributed by atoms with Crippen LogP contribution >= 0.6 is 0 Å². The molecular formula is C19H19N3O. The Morgan fingerprint density at radius 2 is 1.74 bits per heavy atom. The van der Waals surface area contributed by atoms with Crippen LogP contribution in [-0.4, -0.2) is 23.6 Å². The fraction of sp³-hybridized carbons (Fsp3) is 0.158. The number of nitrogens with zero attached hydrogens (tertiary/aromatic N) is 2. The molecule has 0 aliphatic rings. The van der Waals surface area contributed by atoms with Gasteiger partial charge in [0, 0.05) is 18.3 Å². The van der Waals surface area contributed by atoms with Crippen molar-refractivity contribution in [3.8, 4) is 17.1 Å². The van der Waals surface area contributed by atoms with Crippen molar-refractivity contribution < 1.29 is 4.74 Å². The van der Waals surface area contributed by atoms with E-state index in [-0.39, 0.29) is 0 Å². The Balaban J connectivity index is 1.60. The number of nitrogens with one attached hydrogen (secondary N) is 1. The van der Waals surface area contributed by atoms with Crippen LogP contribution in [0.2, 0.25) is 0 Å². The summed E-state index contributed by atoms with van der Waals surface area (Å²) in [5.74, 6) is 2.46. The molecule has 0 aliphatic carbocycles. The third-order valence-electron chi connectivity index (χ3n) is 3.57. The van der Waals surface area contributed by atoms with Crippen molar-refractivity contribution in [1.29, 1.82) is 0 Å². The van der Waals surface area contributed by atoms with Crippen LogP contribution in [0.4, 0.5) is 5.82 Å². The Kier molecular flexibility index (Phi) is 4.84. The summed E-state index contributed by atoms with van der Waals surface area (Å²) in [6, 6.07) is 20.0. The summed E-state index contributed by atoms with van der Waals surface area (Å²) in [5.41, 5.74) is 2.28. The van der Waals surface area contributed by atoms with E-state index >= 15 is 0 Å². The number of benzene rings is 2. The first-order valence-corrected chi connectivity index (χ1v) is 7.60. The predicted octanol–water partition coefficient (Wildman–Crippen LogP) is 3.81. The van der Waals surface area contributed by atoms with Gasteiger partial charge >= 0.3 is 0 Å². The van der Waals surface area contributed by atoms with Crippen molar-refractivity contribution in [2.75, 3.05) is 19.0 Å². The first-order valence-electron chi connectivity index (χ1n) is 7.60. The Bertz CT molecular complexity index is 742. The van der Waals surface area contributed by atoms with Crippen molar-refractivity contribution in [3.05, 3.63) is 72.4 Å². The third-order valence-corrected chi connectivity index (χ3v) is 3.57. The molecule has 1 aromatic heterocycles. The molecule has 1 heterocycles. The lowest BCUT2D eigenvalue weighted by Crippen LogP contribution is -2.07. The quantitative estimate of drug-likeness (QED) is 0.752. The minimum atomic E-state index is 0.736. The van der Waals surface area contributed by atoms with Gasteiger partial charge in [-0.15, -0.1) is 0 Å². The van der Waals surface area contributed by atoms with Gasteiger partial charge < -0.3 is 10.1 Å². The smallest absolute Gasteiger partial charge is 0.161 e. The predicted molar refractivity (Wildman–Crippen MR) is 92.7 cm³/mol. The maximum absolute atomic E-state index is 5.17. The van der Waals surface area contributed by atoms with Crippen molar-refractivity contribution >= 4 is 5.82 Å². The second-order valence-electron chi connectivity index (χ2n) is 5.16. The fourth-order valence-electron chi connectivity index (χ4n) is 2.31. The van der Waals surface area contributed by atoms with Crippen LogP contribution in [0.25, 0.3) is 11.4 Å². The minimum Gasteiger partial charge on any atom is -0.497 e. The van der Waals surface area contributed by atoms with Crippen LogP contribution in [0.3, 0.4) is 0 Å². The summed E-state index contributed by atoms with van der Waals surface area (Å²) >= 11 is 0. The molecule has 0 fully saturated rings. The van der Waals surface area contributed by atoms with Gasteiger partial charge in [-0.1, -0.05) is 42.5 Å². The van der Waals surface area contributed by atoms with Gasteiger partial charge in [0.25, 0.3) is 0 Å². The number of methoxy groups -OCH3 is 1. The van der Waals surface area contributed by atoms with E-state index in [1.807, 2.05) is 48.5 Å². The molecule has 3 aromatic rings. The highest BCUT2D eigenvalue weighted by atomic mass is 16.5. The maximum Gasteiger partial charge on any atom is 0.161 e. The SMILES string of the molecule is COc1ccc(CCNc2ccnc(-c3ccccc3)n2)cc1. The topological polar surface area (TPSA) is 47.0 Å². The zero-order chi connectivity index (χ0) is 15.9. The van der Waals surface area contributed by atoms with Gasteiger partial charge in [-0.2, -0.15) is 0 Å². The third kappa shape index (κ3) is 4.07.